The Bertz CT molecular complexity index is 663. The summed E-state index contributed by atoms with van der Waals surface area (Å²) >= 11 is 0. The Kier molecular flexibility index (Phi) is 4.18. The minimum absolute atomic E-state index is 0.0541. The van der Waals surface area contributed by atoms with Crippen LogP contribution in [0, 0.1) is 11.3 Å². The highest BCUT2D eigenvalue weighted by atomic mass is 16.5. The van der Waals surface area contributed by atoms with Gasteiger partial charge in [0, 0.05) is 36.9 Å². The van der Waals surface area contributed by atoms with E-state index in [1.807, 2.05) is 13.0 Å². The van der Waals surface area contributed by atoms with Gasteiger partial charge < -0.3 is 15.6 Å². The molecule has 3 aliphatic carbocycles. The second-order valence-electron chi connectivity index (χ2n) is 8.64. The normalized spacial score (nSPS) is 31.9. The molecule has 1 atom stereocenters. The Morgan fingerprint density at radius 2 is 2.08 bits per heavy atom. The number of nitrogens with one attached hydrogen (secondary N) is 1. The minimum atomic E-state index is -0.0925. The van der Waals surface area contributed by atoms with Crippen molar-refractivity contribution in [3.8, 4) is 0 Å². The Labute approximate surface area is 147 Å². The van der Waals surface area contributed by atoms with E-state index in [0.29, 0.717) is 41.8 Å². The Hall–Kier alpha value is -1.69. The van der Waals surface area contributed by atoms with E-state index in [9.17, 15) is 9.59 Å². The molecule has 3 fully saturated rings. The van der Waals surface area contributed by atoms with Gasteiger partial charge in [0.1, 0.15) is 11.5 Å². The van der Waals surface area contributed by atoms with Crippen LogP contribution in [-0.4, -0.2) is 28.9 Å². The molecule has 0 aromatic carbocycles. The fourth-order valence-corrected chi connectivity index (χ4v) is 4.66. The number of carbonyl (C=O) groups is 2. The number of nitrogens with zero attached hydrogens (tertiary/aromatic N) is 1. The minimum Gasteiger partial charge on any atom is -0.360 e. The van der Waals surface area contributed by atoms with Gasteiger partial charge in [-0.15, -0.1) is 0 Å². The van der Waals surface area contributed by atoms with E-state index in [1.165, 1.54) is 0 Å². The summed E-state index contributed by atoms with van der Waals surface area (Å²) in [6.45, 7) is 1.85. The molecule has 3 saturated carbocycles. The maximum absolute atomic E-state index is 12.3. The van der Waals surface area contributed by atoms with Gasteiger partial charge in [0.05, 0.1) is 0 Å². The van der Waals surface area contributed by atoms with Gasteiger partial charge in [-0.1, -0.05) is 5.16 Å². The largest absolute Gasteiger partial charge is 0.360 e. The summed E-state index contributed by atoms with van der Waals surface area (Å²) in [6, 6.07) is 2.03. The van der Waals surface area contributed by atoms with Crippen LogP contribution in [-0.2, 0) is 4.79 Å². The number of aromatic nitrogens is 1. The molecule has 0 saturated heterocycles. The van der Waals surface area contributed by atoms with Crippen molar-refractivity contribution in [1.82, 2.24) is 10.5 Å². The van der Waals surface area contributed by atoms with Crippen molar-refractivity contribution >= 4 is 11.7 Å². The predicted molar refractivity (Wildman–Crippen MR) is 92.0 cm³/mol. The smallest absolute Gasteiger partial charge is 0.221 e. The van der Waals surface area contributed by atoms with E-state index in [2.05, 4.69) is 10.5 Å². The lowest BCUT2D eigenvalue weighted by atomic mass is 9.49. The molecule has 0 bridgehead atoms. The van der Waals surface area contributed by atoms with Crippen LogP contribution in [0.4, 0.5) is 0 Å². The molecule has 1 spiro atoms. The molecule has 3 N–H and O–H groups in total. The summed E-state index contributed by atoms with van der Waals surface area (Å²) in [5.41, 5.74) is 6.51. The molecule has 3 aliphatic rings. The maximum atomic E-state index is 12.3. The lowest BCUT2D eigenvalue weighted by Crippen LogP contribution is -2.56. The molecule has 0 radical (unpaired) electrons. The van der Waals surface area contributed by atoms with Crippen LogP contribution >= 0.6 is 0 Å². The molecular weight excluding hydrogens is 318 g/mol. The molecule has 25 heavy (non-hydrogen) atoms. The summed E-state index contributed by atoms with van der Waals surface area (Å²) in [5.74, 6) is 1.98. The number of amides is 1. The summed E-state index contributed by atoms with van der Waals surface area (Å²) in [5, 5.41) is 7.01. The molecule has 1 aromatic rings. The number of Topliss-reactive ketones (excluding diaryl/α,β-unsaturated/α-hetero) is 1. The van der Waals surface area contributed by atoms with Crippen molar-refractivity contribution in [2.75, 3.05) is 0 Å². The van der Waals surface area contributed by atoms with E-state index < -0.39 is 0 Å². The molecule has 1 amide bonds. The van der Waals surface area contributed by atoms with E-state index in [-0.39, 0.29) is 17.7 Å². The van der Waals surface area contributed by atoms with Gasteiger partial charge in [-0.25, -0.2) is 0 Å². The molecule has 0 aliphatic heterocycles. The Balaban J connectivity index is 1.18. The van der Waals surface area contributed by atoms with Crippen LogP contribution in [0.25, 0.3) is 0 Å². The first-order valence-corrected chi connectivity index (χ1v) is 9.47. The van der Waals surface area contributed by atoms with Crippen LogP contribution in [0.1, 0.15) is 80.5 Å². The fraction of sp³-hybridized carbons (Fsp3) is 0.737. The van der Waals surface area contributed by atoms with Gasteiger partial charge in [-0.2, -0.15) is 0 Å². The average molecular weight is 345 g/mol. The van der Waals surface area contributed by atoms with Gasteiger partial charge in [-0.05, 0) is 56.8 Å². The second kappa shape index (κ2) is 6.24. The zero-order valence-electron chi connectivity index (χ0n) is 14.8. The van der Waals surface area contributed by atoms with Crippen LogP contribution in [0.2, 0.25) is 0 Å². The number of nitrogens with two attached hydrogens (primary N) is 1. The van der Waals surface area contributed by atoms with Gasteiger partial charge in [0.15, 0.2) is 5.78 Å². The molecule has 1 aromatic heterocycles. The first-order valence-electron chi connectivity index (χ1n) is 9.47. The number of hydrogen-bond acceptors (Lipinski definition) is 5. The highest BCUT2D eigenvalue weighted by molar-refractivity contribution is 5.94. The number of rotatable bonds is 7. The van der Waals surface area contributed by atoms with Crippen molar-refractivity contribution in [2.45, 2.75) is 76.3 Å². The van der Waals surface area contributed by atoms with Crippen molar-refractivity contribution < 1.29 is 14.1 Å². The van der Waals surface area contributed by atoms with E-state index in [1.54, 1.807) is 0 Å². The zero-order chi connectivity index (χ0) is 17.6. The molecule has 6 heteroatoms. The number of ketones is 1. The number of hydrogen-bond donors (Lipinski definition) is 2. The zero-order valence-corrected chi connectivity index (χ0v) is 14.8. The first-order chi connectivity index (χ1) is 11.9. The van der Waals surface area contributed by atoms with Gasteiger partial charge in [0.25, 0.3) is 0 Å². The third-order valence-electron chi connectivity index (χ3n) is 5.94. The molecule has 0 unspecified atom stereocenters. The van der Waals surface area contributed by atoms with Crippen molar-refractivity contribution in [2.24, 2.45) is 17.1 Å². The van der Waals surface area contributed by atoms with Crippen molar-refractivity contribution in [3.05, 3.63) is 17.5 Å². The highest BCUT2D eigenvalue weighted by Crippen LogP contribution is 2.59. The maximum Gasteiger partial charge on any atom is 0.221 e. The van der Waals surface area contributed by atoms with Crippen LogP contribution in [0.5, 0.6) is 0 Å². The summed E-state index contributed by atoms with van der Waals surface area (Å²) in [4.78, 5) is 24.1. The Morgan fingerprint density at radius 1 is 1.36 bits per heavy atom. The van der Waals surface area contributed by atoms with Crippen LogP contribution in [0.3, 0.4) is 0 Å². The molecule has 1 heterocycles. The second-order valence-corrected chi connectivity index (χ2v) is 8.64. The molecule has 4 rings (SSSR count). The lowest BCUT2D eigenvalue weighted by molar-refractivity contribution is -0.125. The molecule has 136 valence electrons. The molecular formula is C19H27N3O3. The summed E-state index contributed by atoms with van der Waals surface area (Å²) in [6.07, 6.45) is 7.51. The van der Waals surface area contributed by atoms with Gasteiger partial charge >= 0.3 is 0 Å². The monoisotopic (exact) mass is 345 g/mol. The molecule has 6 nitrogen and oxygen atoms in total. The van der Waals surface area contributed by atoms with E-state index in [0.717, 1.165) is 44.3 Å². The van der Waals surface area contributed by atoms with Crippen molar-refractivity contribution in [1.29, 1.82) is 0 Å². The van der Waals surface area contributed by atoms with Crippen molar-refractivity contribution in [3.63, 3.8) is 0 Å². The van der Waals surface area contributed by atoms with E-state index >= 15 is 0 Å². The highest BCUT2D eigenvalue weighted by Gasteiger charge is 2.53. The number of carbonyl (C=O) groups excluding carboxylic acids is 2. The third kappa shape index (κ3) is 3.64. The fourth-order valence-electron chi connectivity index (χ4n) is 4.66. The lowest BCUT2D eigenvalue weighted by Gasteiger charge is -2.58. The van der Waals surface area contributed by atoms with Gasteiger partial charge in [-0.3, -0.25) is 9.59 Å². The SMILES string of the molecule is C[C@H](N)CC(=O)NC1CC2(CC(CC(=O)c3cc(C4CC4)on3)C2)C1. The summed E-state index contributed by atoms with van der Waals surface area (Å²) < 4.78 is 5.27. The van der Waals surface area contributed by atoms with Crippen LogP contribution < -0.4 is 11.1 Å². The van der Waals surface area contributed by atoms with Gasteiger partial charge in [0.2, 0.25) is 5.91 Å². The van der Waals surface area contributed by atoms with Crippen LogP contribution in [0.15, 0.2) is 10.6 Å². The quantitative estimate of drug-likeness (QED) is 0.740. The van der Waals surface area contributed by atoms with E-state index in [4.69, 9.17) is 10.3 Å². The Morgan fingerprint density at radius 3 is 2.72 bits per heavy atom. The standard InChI is InChI=1S/C19H27N3O3/c1-11(20)4-18(24)21-14-9-19(10-14)7-12(8-19)5-16(23)15-6-17(25-22-15)13-2-3-13/h6,11-14H,2-5,7-10,20H2,1H3,(H,21,24)/t11-,12?,14?,19?/m0/s1. The topological polar surface area (TPSA) is 98.2 Å². The predicted octanol–water partition coefficient (Wildman–Crippen LogP) is 2.54. The first kappa shape index (κ1) is 16.8. The average Bonchev–Trinajstić information content (AvgIpc) is 3.19. The third-order valence-corrected chi connectivity index (χ3v) is 5.94. The summed E-state index contributed by atoms with van der Waals surface area (Å²) in [7, 11) is 0.